The van der Waals surface area contributed by atoms with Crippen molar-refractivity contribution in [2.24, 2.45) is 5.92 Å². The first-order chi connectivity index (χ1) is 7.36. The molecule has 0 aromatic heterocycles. The largest absolute Gasteiger partial charge is 0.310 e. The molecule has 15 heavy (non-hydrogen) atoms. The van der Waals surface area contributed by atoms with Crippen molar-refractivity contribution in [3.8, 4) is 0 Å². The second kappa shape index (κ2) is 3.60. The van der Waals surface area contributed by atoms with Gasteiger partial charge in [0.1, 0.15) is 5.82 Å². The quantitative estimate of drug-likeness (QED) is 0.686. The number of rotatable bonds is 0. The van der Waals surface area contributed by atoms with Crippen LogP contribution in [0, 0.1) is 11.7 Å². The van der Waals surface area contributed by atoms with Crippen LogP contribution in [-0.2, 0) is 6.42 Å². The van der Waals surface area contributed by atoms with Gasteiger partial charge in [-0.3, -0.25) is 0 Å². The maximum Gasteiger partial charge on any atom is 0.126 e. The summed E-state index contributed by atoms with van der Waals surface area (Å²) in [6.07, 6.45) is 4.63. The Bertz CT molecular complexity index is 375. The first-order valence-corrected chi connectivity index (χ1v) is 5.87. The number of hydrogen-bond donors (Lipinski definition) is 1. The van der Waals surface area contributed by atoms with Crippen LogP contribution in [0.1, 0.15) is 36.4 Å². The van der Waals surface area contributed by atoms with Crippen molar-refractivity contribution in [1.82, 2.24) is 5.32 Å². The number of halogens is 1. The minimum atomic E-state index is -0.0154. The molecule has 80 valence electrons. The average molecular weight is 205 g/mol. The monoisotopic (exact) mass is 205 g/mol. The summed E-state index contributed by atoms with van der Waals surface area (Å²) in [4.78, 5) is 0. The molecule has 0 radical (unpaired) electrons. The van der Waals surface area contributed by atoms with E-state index in [9.17, 15) is 4.39 Å². The SMILES string of the molecule is Fc1cccc2c1CCC1CCCNC21. The molecule has 1 aromatic rings. The van der Waals surface area contributed by atoms with Crippen molar-refractivity contribution in [2.75, 3.05) is 6.54 Å². The summed E-state index contributed by atoms with van der Waals surface area (Å²) in [5, 5.41) is 3.54. The normalized spacial score (nSPS) is 29.4. The second-order valence-electron chi connectivity index (χ2n) is 4.68. The highest BCUT2D eigenvalue weighted by atomic mass is 19.1. The van der Waals surface area contributed by atoms with Crippen molar-refractivity contribution in [3.05, 3.63) is 35.1 Å². The van der Waals surface area contributed by atoms with E-state index in [1.54, 1.807) is 6.07 Å². The minimum absolute atomic E-state index is 0.0154. The molecule has 1 heterocycles. The van der Waals surface area contributed by atoms with E-state index in [1.807, 2.05) is 6.07 Å². The fourth-order valence-corrected chi connectivity index (χ4v) is 3.09. The Labute approximate surface area is 89.7 Å². The predicted octanol–water partition coefficient (Wildman–Crippen LogP) is 2.81. The van der Waals surface area contributed by atoms with Crippen molar-refractivity contribution < 1.29 is 4.39 Å². The maximum absolute atomic E-state index is 13.6. The Morgan fingerprint density at radius 3 is 3.13 bits per heavy atom. The summed E-state index contributed by atoms with van der Waals surface area (Å²) in [6, 6.07) is 5.93. The third-order valence-electron chi connectivity index (χ3n) is 3.84. The number of hydrogen-bond acceptors (Lipinski definition) is 1. The summed E-state index contributed by atoms with van der Waals surface area (Å²) in [5.74, 6) is 0.714. The third kappa shape index (κ3) is 1.48. The number of nitrogens with one attached hydrogen (secondary N) is 1. The zero-order chi connectivity index (χ0) is 10.3. The molecule has 0 saturated carbocycles. The van der Waals surface area contributed by atoms with Gasteiger partial charge in [-0.25, -0.2) is 4.39 Å². The van der Waals surface area contributed by atoms with Gasteiger partial charge in [-0.2, -0.15) is 0 Å². The molecule has 0 bridgehead atoms. The molecule has 3 rings (SSSR count). The van der Waals surface area contributed by atoms with Crippen LogP contribution >= 0.6 is 0 Å². The van der Waals surface area contributed by atoms with Crippen molar-refractivity contribution in [1.29, 1.82) is 0 Å². The maximum atomic E-state index is 13.6. The lowest BCUT2D eigenvalue weighted by atomic mass is 9.76. The first kappa shape index (κ1) is 9.34. The van der Waals surface area contributed by atoms with E-state index in [0.717, 1.165) is 30.9 Å². The first-order valence-electron chi connectivity index (χ1n) is 5.87. The van der Waals surface area contributed by atoms with Crippen LogP contribution in [0.4, 0.5) is 4.39 Å². The van der Waals surface area contributed by atoms with E-state index in [1.165, 1.54) is 18.4 Å². The predicted molar refractivity (Wildman–Crippen MR) is 58.2 cm³/mol. The zero-order valence-electron chi connectivity index (χ0n) is 8.80. The van der Waals surface area contributed by atoms with Crippen molar-refractivity contribution in [3.63, 3.8) is 0 Å². The van der Waals surface area contributed by atoms with Crippen LogP contribution in [0.3, 0.4) is 0 Å². The highest BCUT2D eigenvalue weighted by Gasteiger charge is 2.32. The molecule has 1 aromatic carbocycles. The van der Waals surface area contributed by atoms with Gasteiger partial charge >= 0.3 is 0 Å². The molecule has 0 amide bonds. The Hall–Kier alpha value is -0.890. The molecule has 2 atom stereocenters. The van der Waals surface area contributed by atoms with Gasteiger partial charge < -0.3 is 5.32 Å². The molecule has 1 nitrogen and oxygen atoms in total. The highest BCUT2D eigenvalue weighted by molar-refractivity contribution is 5.34. The van der Waals surface area contributed by atoms with Gasteiger partial charge in [-0.1, -0.05) is 12.1 Å². The minimum Gasteiger partial charge on any atom is -0.310 e. The smallest absolute Gasteiger partial charge is 0.126 e. The Kier molecular flexibility index (Phi) is 2.24. The van der Waals surface area contributed by atoms with Crippen LogP contribution in [0.15, 0.2) is 18.2 Å². The van der Waals surface area contributed by atoms with Crippen molar-refractivity contribution >= 4 is 0 Å². The highest BCUT2D eigenvalue weighted by Crippen LogP contribution is 2.39. The van der Waals surface area contributed by atoms with Gasteiger partial charge in [0.05, 0.1) is 0 Å². The van der Waals surface area contributed by atoms with Gasteiger partial charge in [0.2, 0.25) is 0 Å². The fraction of sp³-hybridized carbons (Fsp3) is 0.538. The van der Waals surface area contributed by atoms with E-state index in [4.69, 9.17) is 0 Å². The lowest BCUT2D eigenvalue weighted by Gasteiger charge is -2.38. The molecule has 1 aliphatic heterocycles. The molecular formula is C13H16FN. The van der Waals surface area contributed by atoms with Gasteiger partial charge in [0.15, 0.2) is 0 Å². The topological polar surface area (TPSA) is 12.0 Å². The Balaban J connectivity index is 2.03. The lowest BCUT2D eigenvalue weighted by molar-refractivity contribution is 0.252. The van der Waals surface area contributed by atoms with Crippen LogP contribution in [-0.4, -0.2) is 6.54 Å². The zero-order valence-corrected chi connectivity index (χ0v) is 8.80. The standard InChI is InChI=1S/C13H16FN/c14-12-5-1-4-11-10(12)7-6-9-3-2-8-15-13(9)11/h1,4-5,9,13,15H,2-3,6-8H2. The molecule has 1 N–H and O–H groups in total. The second-order valence-corrected chi connectivity index (χ2v) is 4.68. The molecule has 2 heteroatoms. The summed E-state index contributed by atoms with van der Waals surface area (Å²) in [7, 11) is 0. The Morgan fingerprint density at radius 1 is 1.27 bits per heavy atom. The van der Waals surface area contributed by atoms with Gasteiger partial charge in [0.25, 0.3) is 0 Å². The van der Waals surface area contributed by atoms with E-state index in [2.05, 4.69) is 11.4 Å². The third-order valence-corrected chi connectivity index (χ3v) is 3.84. The fourth-order valence-electron chi connectivity index (χ4n) is 3.09. The molecule has 0 spiro atoms. The van der Waals surface area contributed by atoms with Gasteiger partial charge in [0, 0.05) is 6.04 Å². The number of benzene rings is 1. The van der Waals surface area contributed by atoms with Crippen molar-refractivity contribution in [2.45, 2.75) is 31.7 Å². The van der Waals surface area contributed by atoms with Crippen LogP contribution in [0.5, 0.6) is 0 Å². The van der Waals surface area contributed by atoms with Crippen LogP contribution in [0.25, 0.3) is 0 Å². The molecule has 1 saturated heterocycles. The Morgan fingerprint density at radius 2 is 2.20 bits per heavy atom. The lowest BCUT2D eigenvalue weighted by Crippen LogP contribution is -2.37. The summed E-state index contributed by atoms with van der Waals surface area (Å²) in [6.45, 7) is 1.08. The number of piperidine rings is 1. The van der Waals surface area contributed by atoms with Gasteiger partial charge in [-0.15, -0.1) is 0 Å². The molecule has 1 fully saturated rings. The van der Waals surface area contributed by atoms with E-state index in [-0.39, 0.29) is 5.82 Å². The summed E-state index contributed by atoms with van der Waals surface area (Å²) in [5.41, 5.74) is 2.17. The van der Waals surface area contributed by atoms with E-state index < -0.39 is 0 Å². The molecular weight excluding hydrogens is 189 g/mol. The van der Waals surface area contributed by atoms with Crippen LogP contribution in [0.2, 0.25) is 0 Å². The summed E-state index contributed by atoms with van der Waals surface area (Å²) >= 11 is 0. The molecule has 1 aliphatic carbocycles. The van der Waals surface area contributed by atoms with E-state index >= 15 is 0 Å². The molecule has 2 unspecified atom stereocenters. The van der Waals surface area contributed by atoms with Gasteiger partial charge in [-0.05, 0) is 55.3 Å². The number of fused-ring (bicyclic) bond motifs is 3. The average Bonchev–Trinajstić information content (AvgIpc) is 2.29. The van der Waals surface area contributed by atoms with E-state index in [0.29, 0.717) is 6.04 Å². The van der Waals surface area contributed by atoms with Crippen LogP contribution < -0.4 is 5.32 Å². The molecule has 2 aliphatic rings. The summed E-state index contributed by atoms with van der Waals surface area (Å²) < 4.78 is 13.6.